The van der Waals surface area contributed by atoms with Crippen LogP contribution in [-0.4, -0.2) is 50.3 Å². The summed E-state index contributed by atoms with van der Waals surface area (Å²) in [6, 6.07) is 0.682. The van der Waals surface area contributed by atoms with Gasteiger partial charge in [0.25, 0.3) is 0 Å². The molecule has 0 spiro atoms. The van der Waals surface area contributed by atoms with Crippen LogP contribution in [0.3, 0.4) is 0 Å². The molecule has 0 aliphatic carbocycles. The summed E-state index contributed by atoms with van der Waals surface area (Å²) in [7, 11) is 0. The van der Waals surface area contributed by atoms with Crippen LogP contribution in [0.1, 0.15) is 20.3 Å². The maximum absolute atomic E-state index is 5.43. The lowest BCUT2D eigenvalue weighted by Gasteiger charge is -2.36. The molecule has 2 aliphatic heterocycles. The lowest BCUT2D eigenvalue weighted by atomic mass is 10.0. The van der Waals surface area contributed by atoms with Crippen LogP contribution in [0.4, 0.5) is 0 Å². The van der Waals surface area contributed by atoms with E-state index in [2.05, 4.69) is 24.1 Å². The molecule has 1 N–H and O–H groups in total. The molecule has 88 valence electrons. The van der Waals surface area contributed by atoms with Crippen LogP contribution in [0.25, 0.3) is 0 Å². The van der Waals surface area contributed by atoms with Crippen LogP contribution in [0.15, 0.2) is 0 Å². The Hall–Kier alpha value is -0.120. The second-order valence-electron chi connectivity index (χ2n) is 5.29. The molecule has 2 atom stereocenters. The van der Waals surface area contributed by atoms with Gasteiger partial charge in [-0.25, -0.2) is 0 Å². The highest BCUT2D eigenvalue weighted by atomic mass is 16.5. The molecule has 0 aromatic rings. The standard InChI is InChI=1S/C12H24N2O/c1-10(2)12-8-14(5-4-13-12)7-11-3-6-15-9-11/h10-13H,3-9H2,1-2H3. The molecule has 0 aromatic carbocycles. The van der Waals surface area contributed by atoms with Gasteiger partial charge in [0, 0.05) is 38.8 Å². The molecule has 0 bridgehead atoms. The number of nitrogens with zero attached hydrogens (tertiary/aromatic N) is 1. The van der Waals surface area contributed by atoms with Crippen molar-refractivity contribution < 1.29 is 4.74 Å². The van der Waals surface area contributed by atoms with Crippen LogP contribution < -0.4 is 5.32 Å². The molecule has 2 aliphatic rings. The Morgan fingerprint density at radius 2 is 2.33 bits per heavy atom. The third-order valence-electron chi connectivity index (χ3n) is 3.63. The summed E-state index contributed by atoms with van der Waals surface area (Å²) in [5.74, 6) is 1.53. The van der Waals surface area contributed by atoms with Crippen LogP contribution in [0, 0.1) is 11.8 Å². The first-order valence-corrected chi connectivity index (χ1v) is 6.29. The number of ether oxygens (including phenoxy) is 1. The Kier molecular flexibility index (Phi) is 4.00. The van der Waals surface area contributed by atoms with Crippen LogP contribution in [0.2, 0.25) is 0 Å². The van der Waals surface area contributed by atoms with Crippen LogP contribution in [0.5, 0.6) is 0 Å². The molecule has 15 heavy (non-hydrogen) atoms. The van der Waals surface area contributed by atoms with E-state index in [-0.39, 0.29) is 0 Å². The highest BCUT2D eigenvalue weighted by Gasteiger charge is 2.25. The van der Waals surface area contributed by atoms with Crippen molar-refractivity contribution in [3.63, 3.8) is 0 Å². The molecule has 0 saturated carbocycles. The highest BCUT2D eigenvalue weighted by molar-refractivity contribution is 4.82. The van der Waals surface area contributed by atoms with Crippen LogP contribution >= 0.6 is 0 Å². The van der Waals surface area contributed by atoms with Gasteiger partial charge in [-0.05, 0) is 18.3 Å². The predicted octanol–water partition coefficient (Wildman–Crippen LogP) is 0.953. The fourth-order valence-electron chi connectivity index (χ4n) is 2.55. The van der Waals surface area contributed by atoms with Gasteiger partial charge >= 0.3 is 0 Å². The third-order valence-corrected chi connectivity index (χ3v) is 3.63. The molecule has 0 amide bonds. The Balaban J connectivity index is 1.76. The number of hydrogen-bond donors (Lipinski definition) is 1. The lowest BCUT2D eigenvalue weighted by molar-refractivity contribution is 0.137. The second-order valence-corrected chi connectivity index (χ2v) is 5.29. The van der Waals surface area contributed by atoms with Crippen molar-refractivity contribution in [2.24, 2.45) is 11.8 Å². The van der Waals surface area contributed by atoms with E-state index < -0.39 is 0 Å². The van der Waals surface area contributed by atoms with Gasteiger partial charge < -0.3 is 15.0 Å². The molecule has 2 saturated heterocycles. The summed E-state index contributed by atoms with van der Waals surface area (Å²) in [4.78, 5) is 2.61. The number of nitrogens with one attached hydrogen (secondary N) is 1. The van der Waals surface area contributed by atoms with Gasteiger partial charge in [-0.2, -0.15) is 0 Å². The predicted molar refractivity (Wildman–Crippen MR) is 62.0 cm³/mol. The van der Waals surface area contributed by atoms with Crippen LogP contribution in [-0.2, 0) is 4.74 Å². The van der Waals surface area contributed by atoms with Gasteiger partial charge in [-0.15, -0.1) is 0 Å². The molecule has 2 fully saturated rings. The SMILES string of the molecule is CC(C)C1CN(CC2CCOC2)CCN1. The van der Waals surface area contributed by atoms with Gasteiger partial charge in [-0.1, -0.05) is 13.8 Å². The number of rotatable bonds is 3. The number of hydrogen-bond acceptors (Lipinski definition) is 3. The first-order chi connectivity index (χ1) is 7.25. The maximum atomic E-state index is 5.43. The zero-order chi connectivity index (χ0) is 10.7. The van der Waals surface area contributed by atoms with E-state index in [4.69, 9.17) is 4.74 Å². The van der Waals surface area contributed by atoms with E-state index in [1.54, 1.807) is 0 Å². The fraction of sp³-hybridized carbons (Fsp3) is 1.00. The molecule has 2 heterocycles. The van der Waals surface area contributed by atoms with E-state index in [0.717, 1.165) is 31.6 Å². The number of piperazine rings is 1. The molecule has 2 rings (SSSR count). The van der Waals surface area contributed by atoms with Gasteiger partial charge in [0.05, 0.1) is 6.61 Å². The molecule has 0 radical (unpaired) electrons. The summed E-state index contributed by atoms with van der Waals surface area (Å²) in [5.41, 5.74) is 0. The van der Waals surface area contributed by atoms with Gasteiger partial charge in [0.1, 0.15) is 0 Å². The van der Waals surface area contributed by atoms with Crippen molar-refractivity contribution in [3.05, 3.63) is 0 Å². The smallest absolute Gasteiger partial charge is 0.0507 e. The van der Waals surface area contributed by atoms with Crippen molar-refractivity contribution in [1.29, 1.82) is 0 Å². The fourth-order valence-corrected chi connectivity index (χ4v) is 2.55. The van der Waals surface area contributed by atoms with E-state index in [0.29, 0.717) is 6.04 Å². The Morgan fingerprint density at radius 1 is 1.47 bits per heavy atom. The maximum Gasteiger partial charge on any atom is 0.0507 e. The van der Waals surface area contributed by atoms with E-state index in [1.165, 1.54) is 26.1 Å². The minimum Gasteiger partial charge on any atom is -0.381 e. The first kappa shape index (κ1) is 11.4. The first-order valence-electron chi connectivity index (χ1n) is 6.29. The zero-order valence-electron chi connectivity index (χ0n) is 10.0. The average Bonchev–Trinajstić information content (AvgIpc) is 2.71. The summed E-state index contributed by atoms with van der Waals surface area (Å²) in [6.07, 6.45) is 1.26. The largest absolute Gasteiger partial charge is 0.381 e. The van der Waals surface area contributed by atoms with E-state index in [9.17, 15) is 0 Å². The Bertz CT molecular complexity index is 188. The monoisotopic (exact) mass is 212 g/mol. The normalized spacial score (nSPS) is 33.8. The van der Waals surface area contributed by atoms with Crippen molar-refractivity contribution in [2.75, 3.05) is 39.4 Å². The molecule has 3 heteroatoms. The van der Waals surface area contributed by atoms with Gasteiger partial charge in [0.15, 0.2) is 0 Å². The molecular formula is C12H24N2O. The van der Waals surface area contributed by atoms with Gasteiger partial charge in [-0.3, -0.25) is 0 Å². The summed E-state index contributed by atoms with van der Waals surface area (Å²) < 4.78 is 5.43. The van der Waals surface area contributed by atoms with Crippen molar-refractivity contribution >= 4 is 0 Å². The second kappa shape index (κ2) is 5.28. The van der Waals surface area contributed by atoms with Crippen molar-refractivity contribution in [2.45, 2.75) is 26.3 Å². The third kappa shape index (κ3) is 3.16. The highest BCUT2D eigenvalue weighted by Crippen LogP contribution is 2.16. The summed E-state index contributed by atoms with van der Waals surface area (Å²) in [5, 5.41) is 3.60. The van der Waals surface area contributed by atoms with E-state index in [1.807, 2.05) is 0 Å². The molecule has 0 aromatic heterocycles. The molecular weight excluding hydrogens is 188 g/mol. The summed E-state index contributed by atoms with van der Waals surface area (Å²) >= 11 is 0. The quantitative estimate of drug-likeness (QED) is 0.754. The minimum atomic E-state index is 0.682. The molecule has 2 unspecified atom stereocenters. The average molecular weight is 212 g/mol. The van der Waals surface area contributed by atoms with Crippen molar-refractivity contribution in [1.82, 2.24) is 10.2 Å². The molecule has 3 nitrogen and oxygen atoms in total. The van der Waals surface area contributed by atoms with Gasteiger partial charge in [0.2, 0.25) is 0 Å². The lowest BCUT2D eigenvalue weighted by Crippen LogP contribution is -2.53. The topological polar surface area (TPSA) is 24.5 Å². The zero-order valence-corrected chi connectivity index (χ0v) is 10.0. The van der Waals surface area contributed by atoms with E-state index >= 15 is 0 Å². The van der Waals surface area contributed by atoms with Crippen molar-refractivity contribution in [3.8, 4) is 0 Å². The Morgan fingerprint density at radius 3 is 3.00 bits per heavy atom. The minimum absolute atomic E-state index is 0.682. The Labute approximate surface area is 93.2 Å². The summed E-state index contributed by atoms with van der Waals surface area (Å²) in [6.45, 7) is 11.4.